The van der Waals surface area contributed by atoms with E-state index in [0.29, 0.717) is 43.8 Å². The van der Waals surface area contributed by atoms with Crippen molar-refractivity contribution in [3.8, 4) is 5.75 Å². The summed E-state index contributed by atoms with van der Waals surface area (Å²) in [5.41, 5.74) is 2.75. The summed E-state index contributed by atoms with van der Waals surface area (Å²) in [7, 11) is 3.52. The number of halogens is 2. The number of likely N-dealkylation sites (tertiary alicyclic amines) is 1. The third-order valence-corrected chi connectivity index (χ3v) is 8.73. The zero-order valence-corrected chi connectivity index (χ0v) is 22.9. The molecule has 3 heterocycles. The minimum atomic E-state index is -0.651. The lowest BCUT2D eigenvalue weighted by Gasteiger charge is -2.50. The number of hydrogen-bond acceptors (Lipinski definition) is 4. The molecule has 1 N–H and O–H groups in total. The standard InChI is InChI=1S/C32H31F2N3O4/c1-35-26-17-24(41-2)9-10-25(26)28-29(35)27(18-38)37(31(40)21-6-4-8-23(34)16-21)19-32(28)11-13-36(14-12-32)30(39)20-5-3-7-22(33)15-20/h3-10,15-17,27,38H,11-14,18-19H2,1-2H3/t27-/m1/s1. The maximum atomic E-state index is 14.1. The van der Waals surface area contributed by atoms with Gasteiger partial charge in [0.2, 0.25) is 0 Å². The molecular formula is C32H31F2N3O4. The maximum Gasteiger partial charge on any atom is 0.254 e. The first-order valence-electron chi connectivity index (χ1n) is 13.7. The molecule has 1 fully saturated rings. The molecule has 0 saturated carbocycles. The molecule has 41 heavy (non-hydrogen) atoms. The first kappa shape index (κ1) is 27.0. The third kappa shape index (κ3) is 4.44. The molecule has 6 rings (SSSR count). The normalized spacial score (nSPS) is 18.0. The minimum absolute atomic E-state index is 0.209. The molecule has 4 aromatic rings. The van der Waals surface area contributed by atoms with E-state index in [1.54, 1.807) is 29.0 Å². The molecule has 0 aliphatic carbocycles. The quantitative estimate of drug-likeness (QED) is 0.389. The molecule has 0 radical (unpaired) electrons. The van der Waals surface area contributed by atoms with Gasteiger partial charge in [-0.05, 0) is 66.9 Å². The zero-order chi connectivity index (χ0) is 28.9. The molecule has 1 spiro atoms. The Hall–Kier alpha value is -4.24. The predicted molar refractivity (Wildman–Crippen MR) is 150 cm³/mol. The Kier molecular flexibility index (Phi) is 6.77. The second kappa shape index (κ2) is 10.3. The Morgan fingerprint density at radius 2 is 1.59 bits per heavy atom. The second-order valence-electron chi connectivity index (χ2n) is 10.9. The van der Waals surface area contributed by atoms with Gasteiger partial charge in [0, 0.05) is 60.4 Å². The van der Waals surface area contributed by atoms with Crippen molar-refractivity contribution in [3.05, 3.63) is 101 Å². The van der Waals surface area contributed by atoms with E-state index in [1.807, 2.05) is 29.8 Å². The van der Waals surface area contributed by atoms with E-state index in [9.17, 15) is 23.5 Å². The monoisotopic (exact) mass is 559 g/mol. The van der Waals surface area contributed by atoms with Gasteiger partial charge in [0.05, 0.1) is 25.3 Å². The number of rotatable bonds is 4. The largest absolute Gasteiger partial charge is 0.497 e. The molecule has 1 saturated heterocycles. The first-order chi connectivity index (χ1) is 19.8. The molecule has 0 bridgehead atoms. The highest BCUT2D eigenvalue weighted by Gasteiger charge is 2.50. The maximum absolute atomic E-state index is 14.1. The second-order valence-corrected chi connectivity index (χ2v) is 10.9. The van der Waals surface area contributed by atoms with Gasteiger partial charge in [-0.15, -0.1) is 0 Å². The number of piperidine rings is 1. The van der Waals surface area contributed by atoms with Crippen LogP contribution >= 0.6 is 0 Å². The van der Waals surface area contributed by atoms with Gasteiger partial charge in [-0.25, -0.2) is 8.78 Å². The molecule has 212 valence electrons. The fourth-order valence-electron chi connectivity index (χ4n) is 6.71. The van der Waals surface area contributed by atoms with Crippen molar-refractivity contribution in [1.29, 1.82) is 0 Å². The third-order valence-electron chi connectivity index (χ3n) is 8.73. The zero-order valence-electron chi connectivity index (χ0n) is 22.9. The molecule has 2 aliphatic rings. The number of carbonyl (C=O) groups is 2. The summed E-state index contributed by atoms with van der Waals surface area (Å²) in [5.74, 6) is -0.888. The predicted octanol–water partition coefficient (Wildman–Crippen LogP) is 4.83. The van der Waals surface area contributed by atoms with Crippen LogP contribution < -0.4 is 4.74 Å². The van der Waals surface area contributed by atoms with Crippen molar-refractivity contribution in [2.24, 2.45) is 7.05 Å². The van der Waals surface area contributed by atoms with Crippen LogP contribution in [0.3, 0.4) is 0 Å². The molecule has 1 atom stereocenters. The Morgan fingerprint density at radius 3 is 2.17 bits per heavy atom. The van der Waals surface area contributed by atoms with Crippen LogP contribution in [0.25, 0.3) is 10.9 Å². The van der Waals surface area contributed by atoms with Gasteiger partial charge in [0.25, 0.3) is 11.8 Å². The molecule has 0 unspecified atom stereocenters. The topological polar surface area (TPSA) is 75.0 Å². The van der Waals surface area contributed by atoms with Crippen molar-refractivity contribution < 1.29 is 28.2 Å². The summed E-state index contributed by atoms with van der Waals surface area (Å²) in [5, 5.41) is 11.7. The minimum Gasteiger partial charge on any atom is -0.497 e. The summed E-state index contributed by atoms with van der Waals surface area (Å²) in [6, 6.07) is 16.5. The molecular weight excluding hydrogens is 528 g/mol. The Labute approximate surface area is 236 Å². The van der Waals surface area contributed by atoms with Crippen LogP contribution in [-0.4, -0.2) is 64.6 Å². The molecule has 9 heteroatoms. The van der Waals surface area contributed by atoms with Crippen LogP contribution in [0.15, 0.2) is 66.7 Å². The van der Waals surface area contributed by atoms with Gasteiger partial charge in [-0.1, -0.05) is 12.1 Å². The summed E-state index contributed by atoms with van der Waals surface area (Å²) in [6.45, 7) is 0.809. The molecule has 1 aromatic heterocycles. The fraction of sp³-hybridized carbons (Fsp3) is 0.312. The molecule has 2 amide bonds. The lowest BCUT2D eigenvalue weighted by molar-refractivity contribution is 0.0317. The number of methoxy groups -OCH3 is 1. The van der Waals surface area contributed by atoms with Crippen LogP contribution in [0.1, 0.15) is 50.9 Å². The van der Waals surface area contributed by atoms with Crippen LogP contribution in [0.4, 0.5) is 8.78 Å². The van der Waals surface area contributed by atoms with Crippen LogP contribution in [0, 0.1) is 11.6 Å². The van der Waals surface area contributed by atoms with E-state index in [2.05, 4.69) is 0 Å². The number of carbonyl (C=O) groups excluding carboxylic acids is 2. The van der Waals surface area contributed by atoms with Crippen molar-refractivity contribution in [1.82, 2.24) is 14.4 Å². The fourth-order valence-corrected chi connectivity index (χ4v) is 6.71. The number of benzene rings is 3. The van der Waals surface area contributed by atoms with Gasteiger partial charge < -0.3 is 24.2 Å². The van der Waals surface area contributed by atoms with Crippen LogP contribution in [0.5, 0.6) is 5.75 Å². The highest BCUT2D eigenvalue weighted by molar-refractivity contribution is 5.96. The average molecular weight is 560 g/mol. The summed E-state index contributed by atoms with van der Waals surface area (Å²) < 4.78 is 35.5. The van der Waals surface area contributed by atoms with Gasteiger partial charge in [-0.2, -0.15) is 0 Å². The number of aromatic nitrogens is 1. The Morgan fingerprint density at radius 1 is 0.951 bits per heavy atom. The van der Waals surface area contributed by atoms with Crippen molar-refractivity contribution in [2.75, 3.05) is 33.4 Å². The van der Waals surface area contributed by atoms with Gasteiger partial charge in [0.1, 0.15) is 17.4 Å². The summed E-state index contributed by atoms with van der Waals surface area (Å²) >= 11 is 0. The van der Waals surface area contributed by atoms with E-state index in [0.717, 1.165) is 22.2 Å². The average Bonchev–Trinajstić information content (AvgIpc) is 3.29. The summed E-state index contributed by atoms with van der Waals surface area (Å²) in [4.78, 5) is 30.5. The van der Waals surface area contributed by atoms with Gasteiger partial charge >= 0.3 is 0 Å². The van der Waals surface area contributed by atoms with E-state index < -0.39 is 23.1 Å². The number of hydrogen-bond donors (Lipinski definition) is 1. The molecule has 7 nitrogen and oxygen atoms in total. The lowest BCUT2D eigenvalue weighted by Crippen LogP contribution is -2.56. The molecule has 3 aromatic carbocycles. The van der Waals surface area contributed by atoms with Crippen molar-refractivity contribution in [2.45, 2.75) is 24.3 Å². The number of fused-ring (bicyclic) bond motifs is 4. The Bertz CT molecular complexity index is 1660. The number of ether oxygens (including phenoxy) is 1. The highest BCUT2D eigenvalue weighted by atomic mass is 19.1. The van der Waals surface area contributed by atoms with Crippen LogP contribution in [-0.2, 0) is 12.5 Å². The Balaban J connectivity index is 1.45. The van der Waals surface area contributed by atoms with E-state index in [1.165, 1.54) is 36.4 Å². The number of aryl methyl sites for hydroxylation is 1. The number of aliphatic hydroxyl groups is 1. The van der Waals surface area contributed by atoms with E-state index in [-0.39, 0.29) is 24.0 Å². The smallest absolute Gasteiger partial charge is 0.254 e. The van der Waals surface area contributed by atoms with E-state index in [4.69, 9.17) is 4.74 Å². The van der Waals surface area contributed by atoms with Gasteiger partial charge in [-0.3, -0.25) is 9.59 Å². The number of amides is 2. The molecule has 2 aliphatic heterocycles. The SMILES string of the molecule is COc1ccc2c3c(n(C)c2c1)[C@@H](CO)N(C(=O)c1cccc(F)c1)CC31CCN(C(=O)c2cccc(F)c2)CC1. The van der Waals surface area contributed by atoms with Crippen molar-refractivity contribution in [3.63, 3.8) is 0 Å². The van der Waals surface area contributed by atoms with Crippen molar-refractivity contribution >= 4 is 22.7 Å². The lowest BCUT2D eigenvalue weighted by atomic mass is 9.68. The van der Waals surface area contributed by atoms with E-state index >= 15 is 0 Å². The van der Waals surface area contributed by atoms with Crippen LogP contribution in [0.2, 0.25) is 0 Å². The number of nitrogens with zero attached hydrogens (tertiary/aromatic N) is 3. The number of aliphatic hydroxyl groups excluding tert-OH is 1. The van der Waals surface area contributed by atoms with Gasteiger partial charge in [0.15, 0.2) is 0 Å². The first-order valence-corrected chi connectivity index (χ1v) is 13.7. The highest BCUT2D eigenvalue weighted by Crippen LogP contribution is 2.50. The summed E-state index contributed by atoms with van der Waals surface area (Å²) in [6.07, 6.45) is 1.11.